The topological polar surface area (TPSA) is 72.9 Å². The maximum absolute atomic E-state index is 12.9. The minimum absolute atomic E-state index is 0.0605. The second kappa shape index (κ2) is 5.48. The molecule has 3 heterocycles. The summed E-state index contributed by atoms with van der Waals surface area (Å²) in [5.41, 5.74) is 6.31. The zero-order chi connectivity index (χ0) is 16.8. The molecule has 2 aromatic heterocycles. The van der Waals surface area contributed by atoms with Crippen molar-refractivity contribution >= 4 is 5.95 Å². The molecular formula is C14H17F3N6. The Balaban J connectivity index is 1.87. The van der Waals surface area contributed by atoms with Crippen molar-refractivity contribution in [1.82, 2.24) is 19.5 Å². The third-order valence-corrected chi connectivity index (χ3v) is 3.89. The Morgan fingerprint density at radius 2 is 2.00 bits per heavy atom. The van der Waals surface area contributed by atoms with Crippen LogP contribution in [0.3, 0.4) is 0 Å². The summed E-state index contributed by atoms with van der Waals surface area (Å²) < 4.78 is 40.5. The van der Waals surface area contributed by atoms with E-state index in [0.29, 0.717) is 13.1 Å². The van der Waals surface area contributed by atoms with E-state index in [1.807, 2.05) is 17.8 Å². The van der Waals surface area contributed by atoms with Crippen molar-refractivity contribution in [3.8, 4) is 0 Å². The first kappa shape index (κ1) is 15.7. The highest BCUT2D eigenvalue weighted by Crippen LogP contribution is 2.31. The minimum Gasteiger partial charge on any atom is -0.340 e. The van der Waals surface area contributed by atoms with Crippen LogP contribution in [-0.2, 0) is 13.2 Å². The molecule has 124 valence electrons. The van der Waals surface area contributed by atoms with Gasteiger partial charge in [0.25, 0.3) is 0 Å². The lowest BCUT2D eigenvalue weighted by Crippen LogP contribution is -2.29. The van der Waals surface area contributed by atoms with Crippen molar-refractivity contribution in [3.05, 3.63) is 35.7 Å². The first-order valence-electron chi connectivity index (χ1n) is 7.15. The number of alkyl halides is 3. The zero-order valence-electron chi connectivity index (χ0n) is 12.7. The summed E-state index contributed by atoms with van der Waals surface area (Å²) in [5.74, 6) is 0.000792. The van der Waals surface area contributed by atoms with Gasteiger partial charge < -0.3 is 15.2 Å². The molecule has 0 bridgehead atoms. The van der Waals surface area contributed by atoms with Gasteiger partial charge in [0.15, 0.2) is 0 Å². The number of imidazole rings is 1. The number of rotatable bonds is 2. The van der Waals surface area contributed by atoms with Crippen molar-refractivity contribution < 1.29 is 13.2 Å². The number of aryl methyl sites for hydroxylation is 2. The minimum atomic E-state index is -4.50. The SMILES string of the molecule is Cc1cc(C(F)(F)F)nc(N2C[C@@H](N)[C@H](c3cn(C)cn3)C2)n1. The number of halogens is 3. The molecule has 1 aliphatic rings. The highest BCUT2D eigenvalue weighted by Gasteiger charge is 2.37. The molecule has 9 heteroatoms. The molecule has 0 unspecified atom stereocenters. The molecule has 2 N–H and O–H groups in total. The van der Waals surface area contributed by atoms with Gasteiger partial charge in [-0.3, -0.25) is 0 Å². The maximum atomic E-state index is 12.9. The van der Waals surface area contributed by atoms with E-state index < -0.39 is 11.9 Å². The average molecular weight is 326 g/mol. The first-order valence-corrected chi connectivity index (χ1v) is 7.15. The van der Waals surface area contributed by atoms with Crippen molar-refractivity contribution in [2.45, 2.75) is 25.1 Å². The van der Waals surface area contributed by atoms with Gasteiger partial charge in [0.05, 0.1) is 12.0 Å². The summed E-state index contributed by atoms with van der Waals surface area (Å²) in [7, 11) is 1.86. The fourth-order valence-electron chi connectivity index (χ4n) is 2.77. The Bertz CT molecular complexity index is 711. The summed E-state index contributed by atoms with van der Waals surface area (Å²) in [6.07, 6.45) is -0.952. The predicted molar refractivity (Wildman–Crippen MR) is 77.9 cm³/mol. The zero-order valence-corrected chi connectivity index (χ0v) is 12.7. The molecule has 3 rings (SSSR count). The third-order valence-electron chi connectivity index (χ3n) is 3.89. The van der Waals surface area contributed by atoms with Crippen LogP contribution in [-0.4, -0.2) is 38.7 Å². The standard InChI is InChI=1S/C14H17F3N6/c1-8-3-12(14(15,16)17)21-13(20-8)23-4-9(10(18)5-23)11-6-22(2)7-19-11/h3,6-7,9-10H,4-5,18H2,1-2H3/t9-,10-/m1/s1. The maximum Gasteiger partial charge on any atom is 0.433 e. The van der Waals surface area contributed by atoms with Gasteiger partial charge in [-0.25, -0.2) is 15.0 Å². The number of nitrogens with zero attached hydrogens (tertiary/aromatic N) is 5. The quantitative estimate of drug-likeness (QED) is 0.905. The van der Waals surface area contributed by atoms with Crippen LogP contribution in [0.1, 0.15) is 23.0 Å². The average Bonchev–Trinajstić information content (AvgIpc) is 3.03. The fourth-order valence-corrected chi connectivity index (χ4v) is 2.77. The highest BCUT2D eigenvalue weighted by molar-refractivity contribution is 5.38. The fraction of sp³-hybridized carbons (Fsp3) is 0.500. The van der Waals surface area contributed by atoms with E-state index in [4.69, 9.17) is 5.73 Å². The Hall–Kier alpha value is -2.16. The van der Waals surface area contributed by atoms with Gasteiger partial charge in [-0.05, 0) is 13.0 Å². The van der Waals surface area contributed by atoms with E-state index in [1.54, 1.807) is 11.2 Å². The monoisotopic (exact) mass is 326 g/mol. The van der Waals surface area contributed by atoms with Crippen molar-refractivity contribution in [1.29, 1.82) is 0 Å². The Labute approximate surface area is 131 Å². The molecule has 0 aliphatic carbocycles. The van der Waals surface area contributed by atoms with Gasteiger partial charge in [-0.1, -0.05) is 0 Å². The van der Waals surface area contributed by atoms with Gasteiger partial charge >= 0.3 is 6.18 Å². The van der Waals surface area contributed by atoms with E-state index in [-0.39, 0.29) is 23.6 Å². The molecular weight excluding hydrogens is 309 g/mol. The molecule has 0 aromatic carbocycles. The number of hydrogen-bond donors (Lipinski definition) is 1. The summed E-state index contributed by atoms with van der Waals surface area (Å²) in [6.45, 7) is 2.35. The lowest BCUT2D eigenvalue weighted by atomic mass is 10.0. The smallest absolute Gasteiger partial charge is 0.340 e. The molecule has 0 saturated carbocycles. The molecule has 0 amide bonds. The van der Waals surface area contributed by atoms with Gasteiger partial charge in [0.1, 0.15) is 5.69 Å². The molecule has 2 atom stereocenters. The molecule has 1 saturated heterocycles. The number of anilines is 1. The Kier molecular flexibility index (Phi) is 3.75. The van der Waals surface area contributed by atoms with Crippen molar-refractivity contribution in [3.63, 3.8) is 0 Å². The highest BCUT2D eigenvalue weighted by atomic mass is 19.4. The number of hydrogen-bond acceptors (Lipinski definition) is 5. The van der Waals surface area contributed by atoms with Crippen molar-refractivity contribution in [2.75, 3.05) is 18.0 Å². The van der Waals surface area contributed by atoms with Crippen LogP contribution in [0.5, 0.6) is 0 Å². The van der Waals surface area contributed by atoms with Crippen LogP contribution < -0.4 is 10.6 Å². The summed E-state index contributed by atoms with van der Waals surface area (Å²) >= 11 is 0. The molecule has 23 heavy (non-hydrogen) atoms. The first-order chi connectivity index (χ1) is 10.7. The molecule has 6 nitrogen and oxygen atoms in total. The molecule has 1 fully saturated rings. The van der Waals surface area contributed by atoms with Crippen molar-refractivity contribution in [2.24, 2.45) is 12.8 Å². The summed E-state index contributed by atoms with van der Waals surface area (Å²) in [6, 6.07) is 0.707. The summed E-state index contributed by atoms with van der Waals surface area (Å²) in [5, 5.41) is 0. The number of aromatic nitrogens is 4. The third kappa shape index (κ3) is 3.14. The lowest BCUT2D eigenvalue weighted by Gasteiger charge is -2.18. The molecule has 2 aromatic rings. The van der Waals surface area contributed by atoms with E-state index >= 15 is 0 Å². The van der Waals surface area contributed by atoms with Gasteiger partial charge in [0, 0.05) is 44.0 Å². The van der Waals surface area contributed by atoms with E-state index in [0.717, 1.165) is 11.8 Å². The predicted octanol–water partition coefficient (Wildman–Crippen LogP) is 1.47. The molecule has 1 aliphatic heterocycles. The van der Waals surface area contributed by atoms with Crippen LogP contribution >= 0.6 is 0 Å². The van der Waals surface area contributed by atoms with Gasteiger partial charge in [-0.2, -0.15) is 13.2 Å². The van der Waals surface area contributed by atoms with E-state index in [2.05, 4.69) is 15.0 Å². The Morgan fingerprint density at radius 3 is 2.61 bits per heavy atom. The van der Waals surface area contributed by atoms with E-state index in [1.165, 1.54) is 6.92 Å². The molecule has 0 radical (unpaired) electrons. The summed E-state index contributed by atoms with van der Waals surface area (Å²) in [4.78, 5) is 13.8. The van der Waals surface area contributed by atoms with Crippen LogP contribution in [0.2, 0.25) is 0 Å². The number of nitrogens with two attached hydrogens (primary N) is 1. The normalized spacial score (nSPS) is 21.9. The molecule has 0 spiro atoms. The second-order valence-corrected chi connectivity index (χ2v) is 5.83. The van der Waals surface area contributed by atoms with Crippen LogP contribution in [0, 0.1) is 6.92 Å². The van der Waals surface area contributed by atoms with Crippen LogP contribution in [0.4, 0.5) is 19.1 Å². The van der Waals surface area contributed by atoms with Crippen LogP contribution in [0.25, 0.3) is 0 Å². The van der Waals surface area contributed by atoms with Gasteiger partial charge in [0.2, 0.25) is 5.95 Å². The second-order valence-electron chi connectivity index (χ2n) is 5.83. The van der Waals surface area contributed by atoms with Gasteiger partial charge in [-0.15, -0.1) is 0 Å². The largest absolute Gasteiger partial charge is 0.433 e. The van der Waals surface area contributed by atoms with Crippen LogP contribution in [0.15, 0.2) is 18.6 Å². The lowest BCUT2D eigenvalue weighted by molar-refractivity contribution is -0.141. The van der Waals surface area contributed by atoms with E-state index in [9.17, 15) is 13.2 Å². The Morgan fingerprint density at radius 1 is 1.26 bits per heavy atom.